The van der Waals surface area contributed by atoms with Crippen molar-refractivity contribution in [2.24, 2.45) is 0 Å². The number of hydrogen-bond donors (Lipinski definition) is 4. The molecule has 0 aliphatic carbocycles. The summed E-state index contributed by atoms with van der Waals surface area (Å²) in [7, 11) is 0. The average Bonchev–Trinajstić information content (AvgIpc) is 2.62. The molecule has 15 heavy (non-hydrogen) atoms. The Bertz CT molecular complexity index is 520. The third kappa shape index (κ3) is 1.50. The van der Waals surface area contributed by atoms with Gasteiger partial charge in [0.1, 0.15) is 5.75 Å². The molecule has 4 N–H and O–H groups in total. The summed E-state index contributed by atoms with van der Waals surface area (Å²) in [4.78, 5) is 17.2. The summed E-state index contributed by atoms with van der Waals surface area (Å²) >= 11 is 0. The lowest BCUT2D eigenvalue weighted by Crippen LogP contribution is -2.10. The Hall–Kier alpha value is -2.08. The Kier molecular flexibility index (Phi) is 2.05. The summed E-state index contributed by atoms with van der Waals surface area (Å²) in [5.74, 6) is -1.70. The highest BCUT2D eigenvalue weighted by Gasteiger charge is 2.20. The fourth-order valence-electron chi connectivity index (χ4n) is 1.34. The number of H-pyrrole nitrogens is 1. The van der Waals surface area contributed by atoms with Crippen LogP contribution in [-0.2, 0) is 4.79 Å². The number of aromatic hydroxyl groups is 1. The van der Waals surface area contributed by atoms with Crippen LogP contribution in [0.15, 0.2) is 18.5 Å². The number of rotatable bonds is 2. The largest absolute Gasteiger partial charge is 0.507 e. The summed E-state index contributed by atoms with van der Waals surface area (Å²) in [6, 6.07) is 2.66. The Morgan fingerprint density at radius 3 is 2.87 bits per heavy atom. The Balaban J connectivity index is 2.59. The maximum atomic E-state index is 10.5. The highest BCUT2D eigenvalue weighted by Crippen LogP contribution is 2.28. The van der Waals surface area contributed by atoms with Gasteiger partial charge in [-0.1, -0.05) is 0 Å². The minimum atomic E-state index is -1.74. The number of hydrogen-bond acceptors (Lipinski definition) is 4. The minimum Gasteiger partial charge on any atom is -0.507 e. The predicted octanol–water partition coefficient (Wildman–Crippen LogP) is 0.386. The molecule has 1 heterocycles. The second-order valence-corrected chi connectivity index (χ2v) is 3.07. The monoisotopic (exact) mass is 208 g/mol. The molecular weight excluding hydrogens is 200 g/mol. The molecule has 2 rings (SSSR count). The number of aromatic nitrogens is 2. The number of carboxylic acids is 1. The van der Waals surface area contributed by atoms with Crippen molar-refractivity contribution in [1.29, 1.82) is 0 Å². The maximum absolute atomic E-state index is 10.5. The molecule has 0 saturated carbocycles. The summed E-state index contributed by atoms with van der Waals surface area (Å²) in [6.07, 6.45) is -0.321. The number of carbonyl (C=O) groups is 1. The van der Waals surface area contributed by atoms with Crippen molar-refractivity contribution in [1.82, 2.24) is 9.97 Å². The van der Waals surface area contributed by atoms with E-state index in [2.05, 4.69) is 9.97 Å². The summed E-state index contributed by atoms with van der Waals surface area (Å²) in [5, 5.41) is 27.3. The van der Waals surface area contributed by atoms with Crippen LogP contribution in [0.5, 0.6) is 5.75 Å². The second kappa shape index (κ2) is 3.25. The smallest absolute Gasteiger partial charge is 0.337 e. The molecule has 1 aromatic carbocycles. The number of imidazole rings is 1. The standard InChI is InChI=1S/C9H8N2O4/c12-7-2-6-5(10-3-11-6)1-4(7)8(13)9(14)15/h1-3,8,12-13H,(H,10,11)(H,14,15). The first-order chi connectivity index (χ1) is 7.09. The van der Waals surface area contributed by atoms with Crippen LogP contribution in [0.2, 0.25) is 0 Å². The summed E-state index contributed by atoms with van der Waals surface area (Å²) < 4.78 is 0. The van der Waals surface area contributed by atoms with Crippen molar-refractivity contribution >= 4 is 17.0 Å². The van der Waals surface area contributed by atoms with Crippen molar-refractivity contribution in [3.05, 3.63) is 24.0 Å². The molecule has 0 fully saturated rings. The van der Waals surface area contributed by atoms with Gasteiger partial charge in [-0.3, -0.25) is 0 Å². The topological polar surface area (TPSA) is 106 Å². The number of carboxylic acid groups (broad SMARTS) is 1. The molecule has 1 unspecified atom stereocenters. The van der Waals surface area contributed by atoms with Gasteiger partial charge in [-0.25, -0.2) is 9.78 Å². The number of phenols is 1. The number of aliphatic hydroxyl groups is 1. The molecule has 0 aliphatic heterocycles. The summed E-state index contributed by atoms with van der Waals surface area (Å²) in [6.45, 7) is 0. The van der Waals surface area contributed by atoms with Gasteiger partial charge in [-0.15, -0.1) is 0 Å². The van der Waals surface area contributed by atoms with Gasteiger partial charge >= 0.3 is 5.97 Å². The van der Waals surface area contributed by atoms with Gasteiger partial charge in [0.05, 0.1) is 17.4 Å². The van der Waals surface area contributed by atoms with Crippen LogP contribution in [-0.4, -0.2) is 31.3 Å². The SMILES string of the molecule is O=C(O)C(O)c1cc2[nH]cnc2cc1O. The number of nitrogens with one attached hydrogen (secondary N) is 1. The van der Waals surface area contributed by atoms with Crippen molar-refractivity contribution in [2.75, 3.05) is 0 Å². The fourth-order valence-corrected chi connectivity index (χ4v) is 1.34. The first-order valence-electron chi connectivity index (χ1n) is 4.16. The zero-order valence-corrected chi connectivity index (χ0v) is 7.51. The number of benzene rings is 1. The number of aliphatic hydroxyl groups excluding tert-OH is 1. The average molecular weight is 208 g/mol. The molecule has 0 bridgehead atoms. The van der Waals surface area contributed by atoms with E-state index in [1.165, 1.54) is 18.5 Å². The van der Waals surface area contributed by atoms with E-state index in [0.29, 0.717) is 11.0 Å². The molecule has 2 aromatic rings. The molecular formula is C9H8N2O4. The van der Waals surface area contributed by atoms with Gasteiger partial charge < -0.3 is 20.3 Å². The van der Waals surface area contributed by atoms with E-state index in [-0.39, 0.29) is 11.3 Å². The van der Waals surface area contributed by atoms with Gasteiger partial charge in [-0.05, 0) is 6.07 Å². The van der Waals surface area contributed by atoms with Crippen LogP contribution in [0.4, 0.5) is 0 Å². The zero-order valence-electron chi connectivity index (χ0n) is 7.51. The van der Waals surface area contributed by atoms with Crippen molar-refractivity contribution in [3.8, 4) is 5.75 Å². The van der Waals surface area contributed by atoms with E-state index in [1.54, 1.807) is 0 Å². The molecule has 1 atom stereocenters. The molecule has 6 heteroatoms. The molecule has 6 nitrogen and oxygen atoms in total. The molecule has 0 amide bonds. The van der Waals surface area contributed by atoms with Crippen LogP contribution < -0.4 is 0 Å². The predicted molar refractivity (Wildman–Crippen MR) is 50.4 cm³/mol. The minimum absolute atomic E-state index is 0.0562. The molecule has 1 aromatic heterocycles. The molecule has 78 valence electrons. The van der Waals surface area contributed by atoms with E-state index in [9.17, 15) is 15.0 Å². The van der Waals surface area contributed by atoms with Crippen LogP contribution >= 0.6 is 0 Å². The van der Waals surface area contributed by atoms with Crippen LogP contribution in [0, 0.1) is 0 Å². The number of fused-ring (bicyclic) bond motifs is 1. The van der Waals surface area contributed by atoms with Crippen molar-refractivity contribution < 1.29 is 20.1 Å². The third-order valence-electron chi connectivity index (χ3n) is 2.10. The first kappa shape index (κ1) is 9.47. The third-order valence-corrected chi connectivity index (χ3v) is 2.10. The number of nitrogens with zero attached hydrogens (tertiary/aromatic N) is 1. The molecule has 0 radical (unpaired) electrons. The highest BCUT2D eigenvalue weighted by molar-refractivity contribution is 5.82. The molecule has 0 spiro atoms. The van der Waals surface area contributed by atoms with Gasteiger partial charge in [0.25, 0.3) is 0 Å². The normalized spacial score (nSPS) is 12.9. The Labute approximate surface area is 83.8 Å². The van der Waals surface area contributed by atoms with Crippen molar-refractivity contribution in [3.63, 3.8) is 0 Å². The van der Waals surface area contributed by atoms with E-state index in [1.807, 2.05) is 0 Å². The highest BCUT2D eigenvalue weighted by atomic mass is 16.4. The van der Waals surface area contributed by atoms with E-state index >= 15 is 0 Å². The lowest BCUT2D eigenvalue weighted by Gasteiger charge is -2.07. The second-order valence-electron chi connectivity index (χ2n) is 3.07. The number of aliphatic carboxylic acids is 1. The number of aromatic amines is 1. The van der Waals surface area contributed by atoms with Gasteiger partial charge in [0, 0.05) is 11.6 Å². The van der Waals surface area contributed by atoms with Gasteiger partial charge in [-0.2, -0.15) is 0 Å². The van der Waals surface area contributed by atoms with Crippen LogP contribution in [0.3, 0.4) is 0 Å². The van der Waals surface area contributed by atoms with Gasteiger partial charge in [0.15, 0.2) is 6.10 Å². The van der Waals surface area contributed by atoms with E-state index < -0.39 is 12.1 Å². The quantitative estimate of drug-likeness (QED) is 0.571. The van der Waals surface area contributed by atoms with Crippen LogP contribution in [0.1, 0.15) is 11.7 Å². The Morgan fingerprint density at radius 2 is 2.20 bits per heavy atom. The lowest BCUT2D eigenvalue weighted by molar-refractivity contribution is -0.147. The van der Waals surface area contributed by atoms with Crippen molar-refractivity contribution in [2.45, 2.75) is 6.10 Å². The summed E-state index contributed by atoms with van der Waals surface area (Å²) in [5.41, 5.74) is 1.01. The number of phenolic OH excluding ortho intramolecular Hbond substituents is 1. The fraction of sp³-hybridized carbons (Fsp3) is 0.111. The molecule has 0 aliphatic rings. The van der Waals surface area contributed by atoms with Gasteiger partial charge in [0.2, 0.25) is 0 Å². The van der Waals surface area contributed by atoms with E-state index in [4.69, 9.17) is 5.11 Å². The lowest BCUT2D eigenvalue weighted by atomic mass is 10.1. The Morgan fingerprint density at radius 1 is 1.47 bits per heavy atom. The maximum Gasteiger partial charge on any atom is 0.337 e. The van der Waals surface area contributed by atoms with Crippen LogP contribution in [0.25, 0.3) is 11.0 Å². The van der Waals surface area contributed by atoms with E-state index in [0.717, 1.165) is 0 Å². The zero-order chi connectivity index (χ0) is 11.0. The first-order valence-corrected chi connectivity index (χ1v) is 4.16. The molecule has 0 saturated heterocycles.